The van der Waals surface area contributed by atoms with Crippen molar-refractivity contribution in [3.8, 4) is 6.07 Å². The maximum Gasteiger partial charge on any atom is 0.262 e. The van der Waals surface area contributed by atoms with E-state index in [-0.39, 0.29) is 4.90 Å². The molecular weight excluding hydrogens is 288 g/mol. The molecule has 0 atom stereocenters. The number of aldehydes is 1. The number of rotatable bonds is 4. The molecule has 0 aromatic heterocycles. The van der Waals surface area contributed by atoms with Gasteiger partial charge in [0.15, 0.2) is 0 Å². The summed E-state index contributed by atoms with van der Waals surface area (Å²) in [5, 5.41) is 8.80. The Morgan fingerprint density at radius 1 is 1.19 bits per heavy atom. The first-order valence-electron chi connectivity index (χ1n) is 6.05. The van der Waals surface area contributed by atoms with Crippen molar-refractivity contribution in [3.63, 3.8) is 0 Å². The monoisotopic (exact) mass is 300 g/mol. The maximum atomic E-state index is 12.3. The van der Waals surface area contributed by atoms with Crippen LogP contribution in [0, 0.1) is 18.3 Å². The van der Waals surface area contributed by atoms with Gasteiger partial charge in [0.1, 0.15) is 6.29 Å². The number of hydrogen-bond donors (Lipinski definition) is 1. The van der Waals surface area contributed by atoms with Crippen molar-refractivity contribution < 1.29 is 13.2 Å². The number of nitrogens with one attached hydrogen (secondary N) is 1. The number of anilines is 1. The molecule has 6 heteroatoms. The number of benzene rings is 2. The molecule has 0 spiro atoms. The van der Waals surface area contributed by atoms with E-state index in [4.69, 9.17) is 5.26 Å². The standard InChI is InChI=1S/C15H12N2O3S/c1-11-7-12(9-16)5-6-15(11)21(19,20)17-14-4-2-3-13(8-14)10-18/h2-8,10,17H,1H3. The van der Waals surface area contributed by atoms with Crippen molar-refractivity contribution in [1.82, 2.24) is 0 Å². The van der Waals surface area contributed by atoms with Gasteiger partial charge in [-0.3, -0.25) is 9.52 Å². The van der Waals surface area contributed by atoms with Crippen LogP contribution < -0.4 is 4.72 Å². The van der Waals surface area contributed by atoms with Crippen LogP contribution in [0.1, 0.15) is 21.5 Å². The fourth-order valence-electron chi connectivity index (χ4n) is 1.91. The smallest absolute Gasteiger partial charge is 0.262 e. The molecule has 0 saturated heterocycles. The van der Waals surface area contributed by atoms with Gasteiger partial charge in [0.05, 0.1) is 16.5 Å². The average molecular weight is 300 g/mol. The Morgan fingerprint density at radius 3 is 2.57 bits per heavy atom. The summed E-state index contributed by atoms with van der Waals surface area (Å²) in [5.41, 5.74) is 1.57. The second-order valence-electron chi connectivity index (χ2n) is 4.44. The minimum atomic E-state index is -3.77. The van der Waals surface area contributed by atoms with E-state index in [0.717, 1.165) is 0 Å². The first-order valence-corrected chi connectivity index (χ1v) is 7.53. The van der Waals surface area contributed by atoms with Crippen molar-refractivity contribution in [2.75, 3.05) is 4.72 Å². The molecule has 0 saturated carbocycles. The fraction of sp³-hybridized carbons (Fsp3) is 0.0667. The van der Waals surface area contributed by atoms with Crippen molar-refractivity contribution in [1.29, 1.82) is 5.26 Å². The van der Waals surface area contributed by atoms with E-state index in [9.17, 15) is 13.2 Å². The molecule has 0 aliphatic carbocycles. The van der Waals surface area contributed by atoms with Gasteiger partial charge < -0.3 is 0 Å². The Kier molecular flexibility index (Phi) is 4.05. The van der Waals surface area contributed by atoms with E-state index in [1.165, 1.54) is 24.3 Å². The molecule has 1 N–H and O–H groups in total. The lowest BCUT2D eigenvalue weighted by atomic mass is 10.2. The van der Waals surface area contributed by atoms with Crippen LogP contribution in [-0.4, -0.2) is 14.7 Å². The minimum Gasteiger partial charge on any atom is -0.298 e. The number of nitriles is 1. The Hall–Kier alpha value is -2.65. The third-order valence-corrected chi connectivity index (χ3v) is 4.41. The molecule has 5 nitrogen and oxygen atoms in total. The molecule has 0 fully saturated rings. The number of aryl methyl sites for hydroxylation is 1. The third kappa shape index (κ3) is 3.27. The van der Waals surface area contributed by atoms with Gasteiger partial charge in [-0.25, -0.2) is 8.42 Å². The molecule has 0 aliphatic rings. The second kappa shape index (κ2) is 5.77. The first-order chi connectivity index (χ1) is 9.96. The lowest BCUT2D eigenvalue weighted by Crippen LogP contribution is -2.14. The summed E-state index contributed by atoms with van der Waals surface area (Å²) in [4.78, 5) is 10.8. The molecule has 2 rings (SSSR count). The minimum absolute atomic E-state index is 0.0954. The van der Waals surface area contributed by atoms with Gasteiger partial charge >= 0.3 is 0 Å². The van der Waals surface area contributed by atoms with Gasteiger partial charge in [-0.15, -0.1) is 0 Å². The molecule has 0 bridgehead atoms. The van der Waals surface area contributed by atoms with E-state index in [0.29, 0.717) is 28.7 Å². The van der Waals surface area contributed by atoms with Crippen molar-refractivity contribution in [2.24, 2.45) is 0 Å². The maximum absolute atomic E-state index is 12.3. The highest BCUT2D eigenvalue weighted by molar-refractivity contribution is 7.92. The zero-order chi connectivity index (χ0) is 15.5. The van der Waals surface area contributed by atoms with Gasteiger partial charge in [0.2, 0.25) is 0 Å². The number of sulfonamides is 1. The summed E-state index contributed by atoms with van der Waals surface area (Å²) in [5.74, 6) is 0. The van der Waals surface area contributed by atoms with Crippen molar-refractivity contribution in [3.05, 3.63) is 59.2 Å². The summed E-state index contributed by atoms with van der Waals surface area (Å²) in [6, 6.07) is 12.5. The molecule has 0 aliphatic heterocycles. The van der Waals surface area contributed by atoms with E-state index < -0.39 is 10.0 Å². The molecular formula is C15H12N2O3S. The van der Waals surface area contributed by atoms with Gasteiger partial charge in [0.25, 0.3) is 10.0 Å². The average Bonchev–Trinajstić information content (AvgIpc) is 2.46. The van der Waals surface area contributed by atoms with Crippen LogP contribution in [0.15, 0.2) is 47.4 Å². The largest absolute Gasteiger partial charge is 0.298 e. The molecule has 0 radical (unpaired) electrons. The zero-order valence-corrected chi connectivity index (χ0v) is 12.0. The van der Waals surface area contributed by atoms with Crippen LogP contribution in [0.4, 0.5) is 5.69 Å². The highest BCUT2D eigenvalue weighted by Gasteiger charge is 2.17. The highest BCUT2D eigenvalue weighted by Crippen LogP contribution is 2.20. The summed E-state index contributed by atoms with van der Waals surface area (Å²) < 4.78 is 27.1. The van der Waals surface area contributed by atoms with Crippen molar-refractivity contribution >= 4 is 22.0 Å². The highest BCUT2D eigenvalue weighted by atomic mass is 32.2. The quantitative estimate of drug-likeness (QED) is 0.879. The molecule has 2 aromatic rings. The predicted molar refractivity (Wildman–Crippen MR) is 78.5 cm³/mol. The lowest BCUT2D eigenvalue weighted by Gasteiger charge is -2.10. The van der Waals surface area contributed by atoms with Gasteiger partial charge in [-0.1, -0.05) is 12.1 Å². The third-order valence-electron chi connectivity index (χ3n) is 2.87. The first kappa shape index (κ1) is 14.8. The van der Waals surface area contributed by atoms with Crippen LogP contribution in [-0.2, 0) is 10.0 Å². The van der Waals surface area contributed by atoms with E-state index in [1.54, 1.807) is 25.1 Å². The topological polar surface area (TPSA) is 87.0 Å². The van der Waals surface area contributed by atoms with Crippen molar-refractivity contribution in [2.45, 2.75) is 11.8 Å². The normalized spacial score (nSPS) is 10.7. The number of carbonyl (C=O) groups is 1. The second-order valence-corrected chi connectivity index (χ2v) is 6.09. The Morgan fingerprint density at radius 2 is 1.95 bits per heavy atom. The van der Waals surface area contributed by atoms with Crippen LogP contribution in [0.25, 0.3) is 0 Å². The van der Waals surface area contributed by atoms with E-state index in [2.05, 4.69) is 4.72 Å². The van der Waals surface area contributed by atoms with E-state index >= 15 is 0 Å². The SMILES string of the molecule is Cc1cc(C#N)ccc1S(=O)(=O)Nc1cccc(C=O)c1. The molecule has 106 valence electrons. The molecule has 0 unspecified atom stereocenters. The lowest BCUT2D eigenvalue weighted by molar-refractivity contribution is 0.112. The zero-order valence-electron chi connectivity index (χ0n) is 11.2. The van der Waals surface area contributed by atoms with E-state index in [1.807, 2.05) is 6.07 Å². The molecule has 0 heterocycles. The number of hydrogen-bond acceptors (Lipinski definition) is 4. The van der Waals surface area contributed by atoms with Gasteiger partial charge in [-0.05, 0) is 42.8 Å². The van der Waals surface area contributed by atoms with Gasteiger partial charge in [0, 0.05) is 11.3 Å². The van der Waals surface area contributed by atoms with Crippen LogP contribution in [0.2, 0.25) is 0 Å². The summed E-state index contributed by atoms with van der Waals surface area (Å²) >= 11 is 0. The van der Waals surface area contributed by atoms with Crippen LogP contribution >= 0.6 is 0 Å². The Labute approximate surface area is 122 Å². The predicted octanol–water partition coefficient (Wildman–Crippen LogP) is 2.48. The summed E-state index contributed by atoms with van der Waals surface area (Å²) in [6.45, 7) is 1.62. The molecule has 2 aromatic carbocycles. The fourth-order valence-corrected chi connectivity index (χ4v) is 3.18. The molecule has 21 heavy (non-hydrogen) atoms. The Balaban J connectivity index is 2.38. The number of nitrogens with zero attached hydrogens (tertiary/aromatic N) is 1. The van der Waals surface area contributed by atoms with Crippen LogP contribution in [0.3, 0.4) is 0 Å². The summed E-state index contributed by atoms with van der Waals surface area (Å²) in [7, 11) is -3.77. The molecule has 0 amide bonds. The Bertz CT molecular complexity index is 836. The summed E-state index contributed by atoms with van der Waals surface area (Å²) in [6.07, 6.45) is 0.644. The van der Waals surface area contributed by atoms with Gasteiger partial charge in [-0.2, -0.15) is 5.26 Å². The number of carbonyl (C=O) groups excluding carboxylic acids is 1. The van der Waals surface area contributed by atoms with Crippen LogP contribution in [0.5, 0.6) is 0 Å².